The molecule has 3 aromatic carbocycles. The van der Waals surface area contributed by atoms with E-state index in [1.165, 1.54) is 18.2 Å². The minimum absolute atomic E-state index is 0.0431. The van der Waals surface area contributed by atoms with Crippen molar-refractivity contribution in [2.24, 2.45) is 5.92 Å². The standard InChI is InChI=1S/C25H21NO3/c1-29-24(28)21-13-18-12-16-6-2-3-7-17(16)14-26(18)25(21)20-11-5-9-15-8-4-10-19(22(15)20)23(25)27/h2-11,18,21H,12-14H2,1H3/t18-,21-,25-/m1/s1. The second kappa shape index (κ2) is 5.77. The van der Waals surface area contributed by atoms with E-state index in [2.05, 4.69) is 23.1 Å². The minimum Gasteiger partial charge on any atom is -0.469 e. The predicted molar refractivity (Wildman–Crippen MR) is 110 cm³/mol. The van der Waals surface area contributed by atoms with E-state index in [4.69, 9.17) is 4.74 Å². The molecule has 4 nitrogen and oxygen atoms in total. The molecule has 0 bridgehead atoms. The van der Waals surface area contributed by atoms with Gasteiger partial charge in [-0.3, -0.25) is 14.5 Å². The third-order valence-corrected chi connectivity index (χ3v) is 7.21. The average Bonchev–Trinajstić information content (AvgIpc) is 3.22. The van der Waals surface area contributed by atoms with Crippen LogP contribution in [0.1, 0.15) is 33.5 Å². The summed E-state index contributed by atoms with van der Waals surface area (Å²) in [6.45, 7) is 0.671. The van der Waals surface area contributed by atoms with E-state index in [9.17, 15) is 9.59 Å². The molecule has 1 spiro atoms. The van der Waals surface area contributed by atoms with Gasteiger partial charge in [0.1, 0.15) is 5.54 Å². The van der Waals surface area contributed by atoms with Gasteiger partial charge >= 0.3 is 5.97 Å². The fraction of sp³-hybridized carbons (Fsp3) is 0.280. The van der Waals surface area contributed by atoms with Crippen LogP contribution >= 0.6 is 0 Å². The highest BCUT2D eigenvalue weighted by Gasteiger charge is 2.65. The van der Waals surface area contributed by atoms with Crippen LogP contribution < -0.4 is 0 Å². The number of carbonyl (C=O) groups excluding carboxylic acids is 2. The molecule has 4 heteroatoms. The van der Waals surface area contributed by atoms with Crippen LogP contribution in [-0.2, 0) is 28.0 Å². The molecular weight excluding hydrogens is 362 g/mol. The molecule has 3 aromatic rings. The summed E-state index contributed by atoms with van der Waals surface area (Å²) >= 11 is 0. The molecular formula is C25H21NO3. The molecule has 1 fully saturated rings. The number of methoxy groups -OCH3 is 1. The lowest BCUT2D eigenvalue weighted by atomic mass is 9.78. The summed E-state index contributed by atoms with van der Waals surface area (Å²) in [6.07, 6.45) is 1.49. The number of Topliss-reactive ketones (excluding diaryl/α,β-unsaturated/α-hetero) is 1. The van der Waals surface area contributed by atoms with Crippen molar-refractivity contribution in [1.82, 2.24) is 4.90 Å². The number of carbonyl (C=O) groups is 2. The van der Waals surface area contributed by atoms with Crippen LogP contribution in [0.4, 0.5) is 0 Å². The zero-order valence-electron chi connectivity index (χ0n) is 16.2. The molecule has 29 heavy (non-hydrogen) atoms. The van der Waals surface area contributed by atoms with E-state index in [1.54, 1.807) is 0 Å². The number of ether oxygens (including phenoxy) is 1. The molecule has 3 atom stereocenters. The van der Waals surface area contributed by atoms with Gasteiger partial charge in [0.05, 0.1) is 13.0 Å². The SMILES string of the molecule is COC(=O)[C@H]1C[C@H]2Cc3ccccc3CN2[C@@]12C(=O)c1cccc3cccc2c13. The van der Waals surface area contributed by atoms with Crippen molar-refractivity contribution in [3.63, 3.8) is 0 Å². The highest BCUT2D eigenvalue weighted by molar-refractivity contribution is 6.21. The highest BCUT2D eigenvalue weighted by Crippen LogP contribution is 2.57. The van der Waals surface area contributed by atoms with Gasteiger partial charge in [-0.15, -0.1) is 0 Å². The Morgan fingerprint density at radius 1 is 1.03 bits per heavy atom. The number of rotatable bonds is 1. The van der Waals surface area contributed by atoms with Crippen molar-refractivity contribution in [3.8, 4) is 0 Å². The molecule has 2 aliphatic heterocycles. The van der Waals surface area contributed by atoms with Crippen molar-refractivity contribution >= 4 is 22.5 Å². The topological polar surface area (TPSA) is 46.6 Å². The maximum absolute atomic E-state index is 14.0. The van der Waals surface area contributed by atoms with E-state index in [-0.39, 0.29) is 17.8 Å². The van der Waals surface area contributed by atoms with Crippen molar-refractivity contribution < 1.29 is 14.3 Å². The fourth-order valence-corrected chi connectivity index (χ4v) is 6.07. The lowest BCUT2D eigenvalue weighted by molar-refractivity contribution is -0.148. The van der Waals surface area contributed by atoms with E-state index >= 15 is 0 Å². The van der Waals surface area contributed by atoms with E-state index in [0.29, 0.717) is 13.0 Å². The van der Waals surface area contributed by atoms with Crippen LogP contribution in [0.3, 0.4) is 0 Å². The van der Waals surface area contributed by atoms with Crippen LogP contribution in [0.2, 0.25) is 0 Å². The van der Waals surface area contributed by atoms with Crippen molar-refractivity contribution in [1.29, 1.82) is 0 Å². The van der Waals surface area contributed by atoms with Gasteiger partial charge in [-0.2, -0.15) is 0 Å². The monoisotopic (exact) mass is 383 g/mol. The summed E-state index contributed by atoms with van der Waals surface area (Å²) in [5, 5.41) is 2.04. The summed E-state index contributed by atoms with van der Waals surface area (Å²) < 4.78 is 5.23. The van der Waals surface area contributed by atoms with Gasteiger partial charge in [-0.1, -0.05) is 60.7 Å². The molecule has 1 aliphatic carbocycles. The van der Waals surface area contributed by atoms with Crippen LogP contribution in [0, 0.1) is 5.92 Å². The predicted octanol–water partition coefficient (Wildman–Crippen LogP) is 3.85. The highest BCUT2D eigenvalue weighted by atomic mass is 16.5. The molecule has 0 amide bonds. The number of ketones is 1. The van der Waals surface area contributed by atoms with Crippen LogP contribution in [0.15, 0.2) is 60.7 Å². The van der Waals surface area contributed by atoms with Crippen molar-refractivity contribution in [3.05, 3.63) is 82.9 Å². The largest absolute Gasteiger partial charge is 0.469 e. The Kier molecular flexibility index (Phi) is 3.37. The molecule has 6 rings (SSSR count). The van der Waals surface area contributed by atoms with Gasteiger partial charge in [0.25, 0.3) is 0 Å². The Hall–Kier alpha value is -2.98. The molecule has 144 valence electrons. The lowest BCUT2D eigenvalue weighted by Gasteiger charge is -2.42. The third-order valence-electron chi connectivity index (χ3n) is 7.21. The summed E-state index contributed by atoms with van der Waals surface area (Å²) in [6, 6.07) is 20.5. The molecule has 1 saturated heterocycles. The Morgan fingerprint density at radius 2 is 1.79 bits per heavy atom. The van der Waals surface area contributed by atoms with Crippen LogP contribution in [-0.4, -0.2) is 29.8 Å². The normalized spacial score (nSPS) is 27.3. The molecule has 2 heterocycles. The summed E-state index contributed by atoms with van der Waals surface area (Å²) in [4.78, 5) is 29.4. The van der Waals surface area contributed by atoms with Gasteiger partial charge in [0, 0.05) is 18.2 Å². The summed E-state index contributed by atoms with van der Waals surface area (Å²) in [5.41, 5.74) is 3.27. The first-order chi connectivity index (χ1) is 14.2. The number of nitrogens with zero attached hydrogens (tertiary/aromatic N) is 1. The van der Waals surface area contributed by atoms with E-state index < -0.39 is 11.5 Å². The summed E-state index contributed by atoms with van der Waals surface area (Å²) in [7, 11) is 1.43. The maximum Gasteiger partial charge on any atom is 0.311 e. The third kappa shape index (κ3) is 1.97. The smallest absolute Gasteiger partial charge is 0.311 e. The Morgan fingerprint density at radius 3 is 2.59 bits per heavy atom. The lowest BCUT2D eigenvalue weighted by Crippen LogP contribution is -2.54. The van der Waals surface area contributed by atoms with Crippen molar-refractivity contribution in [2.45, 2.75) is 31.0 Å². The summed E-state index contributed by atoms with van der Waals surface area (Å²) in [5.74, 6) is -0.750. The minimum atomic E-state index is -0.978. The first-order valence-corrected chi connectivity index (χ1v) is 10.1. The number of benzene rings is 3. The Labute approximate surface area is 169 Å². The first kappa shape index (κ1) is 16.9. The molecule has 0 radical (unpaired) electrons. The fourth-order valence-electron chi connectivity index (χ4n) is 6.07. The second-order valence-corrected chi connectivity index (χ2v) is 8.37. The molecule has 3 aliphatic rings. The quantitative estimate of drug-likeness (QED) is 0.599. The molecule has 0 saturated carbocycles. The van der Waals surface area contributed by atoms with Gasteiger partial charge in [0.2, 0.25) is 0 Å². The van der Waals surface area contributed by atoms with Gasteiger partial charge in [-0.25, -0.2) is 0 Å². The zero-order valence-corrected chi connectivity index (χ0v) is 16.2. The van der Waals surface area contributed by atoms with E-state index in [0.717, 1.165) is 28.3 Å². The second-order valence-electron chi connectivity index (χ2n) is 8.37. The van der Waals surface area contributed by atoms with Gasteiger partial charge < -0.3 is 4.74 Å². The maximum atomic E-state index is 14.0. The Balaban J connectivity index is 1.63. The van der Waals surface area contributed by atoms with E-state index in [1.807, 2.05) is 42.5 Å². The van der Waals surface area contributed by atoms with Crippen LogP contribution in [0.25, 0.3) is 10.8 Å². The van der Waals surface area contributed by atoms with Gasteiger partial charge in [-0.05, 0) is 40.3 Å². The zero-order chi connectivity index (χ0) is 19.8. The molecule has 0 N–H and O–H groups in total. The van der Waals surface area contributed by atoms with Gasteiger partial charge in [0.15, 0.2) is 5.78 Å². The van der Waals surface area contributed by atoms with Crippen molar-refractivity contribution in [2.75, 3.05) is 7.11 Å². The number of fused-ring (bicyclic) bond motifs is 4. The number of hydrogen-bond donors (Lipinski definition) is 0. The molecule has 0 aromatic heterocycles. The Bertz CT molecular complexity index is 1190. The average molecular weight is 383 g/mol. The van der Waals surface area contributed by atoms with Crippen LogP contribution in [0.5, 0.6) is 0 Å². The number of esters is 1. The first-order valence-electron chi connectivity index (χ1n) is 10.1. The molecule has 0 unspecified atom stereocenters. The number of hydrogen-bond acceptors (Lipinski definition) is 4.